The first-order valence-corrected chi connectivity index (χ1v) is 11.2. The van der Waals surface area contributed by atoms with Crippen molar-refractivity contribution in [1.29, 1.82) is 0 Å². The third-order valence-electron chi connectivity index (χ3n) is 5.92. The number of hydrogen-bond acceptors (Lipinski definition) is 5. The van der Waals surface area contributed by atoms with E-state index in [0.29, 0.717) is 30.2 Å². The molecule has 5 rings (SSSR count). The molecule has 7 nitrogen and oxygen atoms in total. The Morgan fingerprint density at radius 2 is 1.91 bits per heavy atom. The molecule has 0 aliphatic carbocycles. The summed E-state index contributed by atoms with van der Waals surface area (Å²) in [6.07, 6.45) is 1.99. The molecule has 1 amide bonds. The molecule has 7 heteroatoms. The molecule has 1 aliphatic heterocycles. The Labute approximate surface area is 192 Å². The molecule has 4 aromatic rings. The number of aryl methyl sites for hydroxylation is 2. The molecular formula is C26H26N4O3. The van der Waals surface area contributed by atoms with Crippen molar-refractivity contribution in [3.63, 3.8) is 0 Å². The van der Waals surface area contributed by atoms with Gasteiger partial charge in [0.2, 0.25) is 0 Å². The number of amides is 1. The van der Waals surface area contributed by atoms with Gasteiger partial charge in [0.05, 0.1) is 28.5 Å². The van der Waals surface area contributed by atoms with E-state index in [9.17, 15) is 4.79 Å². The molecule has 1 N–H and O–H groups in total. The molecule has 2 aromatic heterocycles. The lowest BCUT2D eigenvalue weighted by Crippen LogP contribution is -2.27. The molecule has 2 aromatic carbocycles. The molecule has 0 saturated heterocycles. The number of carbonyl (C=O) groups excluding carboxylic acids is 1. The van der Waals surface area contributed by atoms with Gasteiger partial charge in [-0.25, -0.2) is 4.98 Å². The minimum atomic E-state index is -0.178. The summed E-state index contributed by atoms with van der Waals surface area (Å²) in [4.78, 5) is 18.2. The zero-order chi connectivity index (χ0) is 22.9. The average Bonchev–Trinajstić information content (AvgIpc) is 3.23. The second kappa shape index (κ2) is 8.58. The quantitative estimate of drug-likeness (QED) is 0.485. The van der Waals surface area contributed by atoms with Gasteiger partial charge < -0.3 is 14.8 Å². The highest BCUT2D eigenvalue weighted by Gasteiger charge is 2.20. The van der Waals surface area contributed by atoms with Crippen LogP contribution in [0.3, 0.4) is 0 Å². The fourth-order valence-electron chi connectivity index (χ4n) is 4.19. The smallest absolute Gasteiger partial charge is 0.252 e. The largest absolute Gasteiger partial charge is 0.486 e. The molecule has 33 heavy (non-hydrogen) atoms. The molecule has 0 fully saturated rings. The number of ether oxygens (including phenoxy) is 2. The fourth-order valence-corrected chi connectivity index (χ4v) is 4.19. The Kier molecular flexibility index (Phi) is 5.46. The van der Waals surface area contributed by atoms with E-state index in [0.717, 1.165) is 40.0 Å². The van der Waals surface area contributed by atoms with Crippen LogP contribution < -0.4 is 14.8 Å². The van der Waals surface area contributed by atoms with Crippen LogP contribution in [-0.2, 0) is 6.54 Å². The second-order valence-electron chi connectivity index (χ2n) is 8.15. The van der Waals surface area contributed by atoms with Crippen LogP contribution in [0.5, 0.6) is 11.5 Å². The van der Waals surface area contributed by atoms with Crippen molar-refractivity contribution in [2.24, 2.45) is 0 Å². The Morgan fingerprint density at radius 3 is 2.70 bits per heavy atom. The molecule has 0 saturated carbocycles. The maximum Gasteiger partial charge on any atom is 0.252 e. The molecule has 0 unspecified atom stereocenters. The highest BCUT2D eigenvalue weighted by molar-refractivity contribution is 6.07. The molecule has 0 radical (unpaired) electrons. The number of nitrogens with zero attached hydrogens (tertiary/aromatic N) is 3. The van der Waals surface area contributed by atoms with Crippen LogP contribution in [0.1, 0.15) is 41.5 Å². The van der Waals surface area contributed by atoms with Crippen molar-refractivity contribution in [3.8, 4) is 22.8 Å². The number of fused-ring (bicyclic) bond motifs is 2. The summed E-state index contributed by atoms with van der Waals surface area (Å²) in [7, 11) is 0. The zero-order valence-corrected chi connectivity index (χ0v) is 19.0. The predicted octanol–water partition coefficient (Wildman–Crippen LogP) is 4.69. The van der Waals surface area contributed by atoms with Gasteiger partial charge in [-0.15, -0.1) is 0 Å². The van der Waals surface area contributed by atoms with Crippen LogP contribution in [0, 0.1) is 6.92 Å². The van der Waals surface area contributed by atoms with Crippen molar-refractivity contribution in [3.05, 3.63) is 71.5 Å². The van der Waals surface area contributed by atoms with Gasteiger partial charge in [0.15, 0.2) is 11.5 Å². The first-order chi connectivity index (χ1) is 16.0. The summed E-state index contributed by atoms with van der Waals surface area (Å²) in [5.74, 6) is 1.26. The van der Waals surface area contributed by atoms with Crippen molar-refractivity contribution in [2.45, 2.75) is 33.4 Å². The maximum atomic E-state index is 13.4. The highest BCUT2D eigenvalue weighted by atomic mass is 16.6. The molecule has 168 valence electrons. The van der Waals surface area contributed by atoms with Crippen molar-refractivity contribution >= 4 is 16.8 Å². The van der Waals surface area contributed by atoms with Crippen LogP contribution in [0.15, 0.2) is 54.7 Å². The van der Waals surface area contributed by atoms with Gasteiger partial charge in [-0.05, 0) is 51.1 Å². The van der Waals surface area contributed by atoms with Gasteiger partial charge >= 0.3 is 0 Å². The highest BCUT2D eigenvalue weighted by Crippen LogP contribution is 2.35. The van der Waals surface area contributed by atoms with Crippen molar-refractivity contribution < 1.29 is 14.3 Å². The van der Waals surface area contributed by atoms with Crippen LogP contribution >= 0.6 is 0 Å². The summed E-state index contributed by atoms with van der Waals surface area (Å²) in [5.41, 5.74) is 4.85. The number of para-hydroxylation sites is 1. The van der Waals surface area contributed by atoms with E-state index in [1.807, 2.05) is 80.2 Å². The summed E-state index contributed by atoms with van der Waals surface area (Å²) in [6, 6.07) is 15.1. The van der Waals surface area contributed by atoms with Crippen LogP contribution in [0.25, 0.3) is 22.2 Å². The Balaban J connectivity index is 1.52. The second-order valence-corrected chi connectivity index (χ2v) is 8.15. The number of aromatic nitrogens is 3. The van der Waals surface area contributed by atoms with Gasteiger partial charge in [0, 0.05) is 29.3 Å². The lowest BCUT2D eigenvalue weighted by molar-refractivity contribution is 0.0941. The average molecular weight is 443 g/mol. The molecule has 3 heterocycles. The Morgan fingerprint density at radius 1 is 1.12 bits per heavy atom. The minimum Gasteiger partial charge on any atom is -0.486 e. The number of benzene rings is 2. The van der Waals surface area contributed by atoms with E-state index in [4.69, 9.17) is 14.5 Å². The number of pyridine rings is 1. The van der Waals surface area contributed by atoms with Crippen molar-refractivity contribution in [2.75, 3.05) is 13.2 Å². The van der Waals surface area contributed by atoms with Crippen LogP contribution in [0.4, 0.5) is 0 Å². The predicted molar refractivity (Wildman–Crippen MR) is 127 cm³/mol. The maximum absolute atomic E-state index is 13.4. The standard InChI is InChI=1S/C26H26N4O3/c1-4-30-15-21(17(3)29-30)16(2)27-26(31)20-14-23(28-22-8-6-5-7-19(20)22)18-9-10-24-25(13-18)33-12-11-32-24/h5-10,13-16H,4,11-12H2,1-3H3,(H,27,31)/t16-/m0/s1. The number of hydrogen-bond donors (Lipinski definition) is 1. The fraction of sp³-hybridized carbons (Fsp3) is 0.269. The molecular weight excluding hydrogens is 416 g/mol. The zero-order valence-electron chi connectivity index (χ0n) is 19.0. The SMILES string of the molecule is CCn1cc([C@H](C)NC(=O)c2cc(-c3ccc4c(c3)OCCO4)nc3ccccc23)c(C)n1. The third-order valence-corrected chi connectivity index (χ3v) is 5.92. The normalized spacial score (nSPS) is 13.7. The van der Waals surface area contributed by atoms with Gasteiger partial charge in [0.25, 0.3) is 5.91 Å². The van der Waals surface area contributed by atoms with E-state index >= 15 is 0 Å². The van der Waals surface area contributed by atoms with Crippen LogP contribution in [0.2, 0.25) is 0 Å². The van der Waals surface area contributed by atoms with E-state index in [1.54, 1.807) is 0 Å². The molecule has 0 spiro atoms. The van der Waals surface area contributed by atoms with E-state index in [1.165, 1.54) is 0 Å². The third kappa shape index (κ3) is 4.02. The van der Waals surface area contributed by atoms with Gasteiger partial charge in [0.1, 0.15) is 13.2 Å². The van der Waals surface area contributed by atoms with Gasteiger partial charge in [-0.3, -0.25) is 9.48 Å². The van der Waals surface area contributed by atoms with Crippen molar-refractivity contribution in [1.82, 2.24) is 20.1 Å². The number of carbonyl (C=O) groups is 1. The summed E-state index contributed by atoms with van der Waals surface area (Å²) in [5, 5.41) is 8.46. The van der Waals surface area contributed by atoms with E-state index in [-0.39, 0.29) is 11.9 Å². The Bertz CT molecular complexity index is 1340. The summed E-state index contributed by atoms with van der Waals surface area (Å²) >= 11 is 0. The Hall–Kier alpha value is -3.87. The summed E-state index contributed by atoms with van der Waals surface area (Å²) < 4.78 is 13.3. The molecule has 0 bridgehead atoms. The lowest BCUT2D eigenvalue weighted by atomic mass is 10.0. The van der Waals surface area contributed by atoms with Crippen LogP contribution in [-0.4, -0.2) is 33.9 Å². The monoisotopic (exact) mass is 442 g/mol. The molecule has 1 aliphatic rings. The van der Waals surface area contributed by atoms with Gasteiger partial charge in [-0.2, -0.15) is 5.10 Å². The number of rotatable bonds is 5. The van der Waals surface area contributed by atoms with Gasteiger partial charge in [-0.1, -0.05) is 18.2 Å². The summed E-state index contributed by atoms with van der Waals surface area (Å²) in [6.45, 7) is 7.83. The first-order valence-electron chi connectivity index (χ1n) is 11.2. The molecule has 1 atom stereocenters. The van der Waals surface area contributed by atoms with E-state index in [2.05, 4.69) is 10.4 Å². The first kappa shape index (κ1) is 21.0. The van der Waals surface area contributed by atoms with E-state index < -0.39 is 0 Å². The lowest BCUT2D eigenvalue weighted by Gasteiger charge is -2.19. The number of nitrogens with one attached hydrogen (secondary N) is 1. The minimum absolute atomic E-state index is 0.149. The topological polar surface area (TPSA) is 78.3 Å².